The molecular weight excluding hydrogens is 132 g/mol. The Hall–Kier alpha value is -0.610. The summed E-state index contributed by atoms with van der Waals surface area (Å²) in [7, 11) is 1.44. The average molecular weight is 144 g/mol. The minimum atomic E-state index is -0.0208. The predicted octanol–water partition coefficient (Wildman–Crippen LogP) is -0.726. The van der Waals surface area contributed by atoms with Gasteiger partial charge in [0.15, 0.2) is 0 Å². The molecule has 58 valence electrons. The number of hydrogen-bond acceptors (Lipinski definition) is 3. The Kier molecular flexibility index (Phi) is 2.65. The van der Waals surface area contributed by atoms with E-state index in [-0.39, 0.29) is 11.8 Å². The molecule has 0 unspecified atom stereocenters. The third-order valence-corrected chi connectivity index (χ3v) is 1.63. The molecule has 4 nitrogen and oxygen atoms in total. The van der Waals surface area contributed by atoms with Gasteiger partial charge in [-0.25, -0.2) is 5.48 Å². The smallest absolute Gasteiger partial charge is 0.247 e. The molecule has 1 saturated heterocycles. The number of hydroxylamine groups is 1. The molecular formula is C6H12N2O2. The van der Waals surface area contributed by atoms with Crippen molar-refractivity contribution in [2.45, 2.75) is 6.42 Å². The van der Waals surface area contributed by atoms with Crippen LogP contribution in [0, 0.1) is 5.92 Å². The molecule has 0 spiro atoms. The summed E-state index contributed by atoms with van der Waals surface area (Å²) in [5, 5.41) is 3.10. The van der Waals surface area contributed by atoms with Gasteiger partial charge >= 0.3 is 0 Å². The maximum atomic E-state index is 11.0. The first-order valence-electron chi connectivity index (χ1n) is 3.38. The van der Waals surface area contributed by atoms with Crippen molar-refractivity contribution >= 4 is 5.91 Å². The topological polar surface area (TPSA) is 50.4 Å². The number of amides is 1. The lowest BCUT2D eigenvalue weighted by Crippen LogP contribution is -2.30. The summed E-state index contributed by atoms with van der Waals surface area (Å²) in [5.74, 6) is 0.0763. The second-order valence-corrected chi connectivity index (χ2v) is 2.36. The fourth-order valence-electron chi connectivity index (χ4n) is 1.06. The molecule has 1 fully saturated rings. The average Bonchev–Trinajstić information content (AvgIpc) is 2.38. The molecule has 0 aliphatic carbocycles. The van der Waals surface area contributed by atoms with Crippen molar-refractivity contribution in [1.29, 1.82) is 0 Å². The highest BCUT2D eigenvalue weighted by Gasteiger charge is 2.21. The van der Waals surface area contributed by atoms with Crippen LogP contribution in [-0.2, 0) is 9.63 Å². The number of carbonyl (C=O) groups excluding carboxylic acids is 1. The summed E-state index contributed by atoms with van der Waals surface area (Å²) in [5.41, 5.74) is 2.31. The summed E-state index contributed by atoms with van der Waals surface area (Å²) < 4.78 is 0. The maximum Gasteiger partial charge on any atom is 0.247 e. The Morgan fingerprint density at radius 3 is 3.10 bits per heavy atom. The van der Waals surface area contributed by atoms with Crippen LogP contribution in [0.25, 0.3) is 0 Å². The normalized spacial score (nSPS) is 24.7. The Balaban J connectivity index is 2.25. The van der Waals surface area contributed by atoms with Gasteiger partial charge < -0.3 is 5.32 Å². The third-order valence-electron chi connectivity index (χ3n) is 1.63. The first-order chi connectivity index (χ1) is 4.84. The molecule has 1 heterocycles. The summed E-state index contributed by atoms with van der Waals surface area (Å²) in [6.45, 7) is 1.71. The second kappa shape index (κ2) is 3.53. The molecule has 2 N–H and O–H groups in total. The van der Waals surface area contributed by atoms with Gasteiger partial charge in [0.2, 0.25) is 5.91 Å². The lowest BCUT2D eigenvalue weighted by Gasteiger charge is -2.05. The van der Waals surface area contributed by atoms with Crippen LogP contribution < -0.4 is 10.8 Å². The van der Waals surface area contributed by atoms with E-state index in [4.69, 9.17) is 0 Å². The van der Waals surface area contributed by atoms with Crippen LogP contribution in [0.2, 0.25) is 0 Å². The first kappa shape index (κ1) is 7.50. The van der Waals surface area contributed by atoms with Gasteiger partial charge in [-0.05, 0) is 13.0 Å². The highest BCUT2D eigenvalue weighted by atomic mass is 16.6. The summed E-state index contributed by atoms with van der Waals surface area (Å²) in [6.07, 6.45) is 0.912. The van der Waals surface area contributed by atoms with Crippen LogP contribution in [0.15, 0.2) is 0 Å². The quantitative estimate of drug-likeness (QED) is 0.502. The fourth-order valence-corrected chi connectivity index (χ4v) is 1.06. The third kappa shape index (κ3) is 1.68. The van der Waals surface area contributed by atoms with Crippen LogP contribution in [-0.4, -0.2) is 26.1 Å². The first-order valence-corrected chi connectivity index (χ1v) is 3.38. The Morgan fingerprint density at radius 1 is 1.80 bits per heavy atom. The predicted molar refractivity (Wildman–Crippen MR) is 36.1 cm³/mol. The van der Waals surface area contributed by atoms with Crippen LogP contribution >= 0.6 is 0 Å². The van der Waals surface area contributed by atoms with Crippen LogP contribution in [0.5, 0.6) is 0 Å². The molecule has 1 rings (SSSR count). The van der Waals surface area contributed by atoms with E-state index in [0.29, 0.717) is 0 Å². The van der Waals surface area contributed by atoms with Crippen molar-refractivity contribution in [2.24, 2.45) is 5.92 Å². The Morgan fingerprint density at radius 2 is 2.60 bits per heavy atom. The zero-order chi connectivity index (χ0) is 7.40. The zero-order valence-corrected chi connectivity index (χ0v) is 6.02. The van der Waals surface area contributed by atoms with Gasteiger partial charge in [-0.15, -0.1) is 0 Å². The van der Waals surface area contributed by atoms with E-state index < -0.39 is 0 Å². The fraction of sp³-hybridized carbons (Fsp3) is 0.833. The van der Waals surface area contributed by atoms with Gasteiger partial charge in [0.05, 0.1) is 13.0 Å². The highest BCUT2D eigenvalue weighted by molar-refractivity contribution is 5.78. The Labute approximate surface area is 59.9 Å². The van der Waals surface area contributed by atoms with E-state index in [1.54, 1.807) is 0 Å². The molecule has 0 bridgehead atoms. The number of rotatable bonds is 2. The SMILES string of the molecule is CONC(=O)[C@@H]1CCNC1. The molecule has 0 aromatic rings. The van der Waals surface area contributed by atoms with Gasteiger partial charge in [-0.2, -0.15) is 0 Å². The summed E-state index contributed by atoms with van der Waals surface area (Å²) in [4.78, 5) is 15.5. The Bertz CT molecular complexity index is 121. The van der Waals surface area contributed by atoms with E-state index in [1.807, 2.05) is 0 Å². The largest absolute Gasteiger partial charge is 0.316 e. The summed E-state index contributed by atoms with van der Waals surface area (Å²) >= 11 is 0. The maximum absolute atomic E-state index is 11.0. The standard InChI is InChI=1S/C6H12N2O2/c1-10-8-6(9)5-2-3-7-4-5/h5,7H,2-4H2,1H3,(H,8,9)/t5-/m1/s1. The van der Waals surface area contributed by atoms with Gasteiger partial charge in [-0.1, -0.05) is 0 Å². The molecule has 0 aromatic heterocycles. The van der Waals surface area contributed by atoms with Crippen molar-refractivity contribution in [2.75, 3.05) is 20.2 Å². The lowest BCUT2D eigenvalue weighted by atomic mass is 10.1. The van der Waals surface area contributed by atoms with Gasteiger partial charge in [0.1, 0.15) is 0 Å². The van der Waals surface area contributed by atoms with Gasteiger partial charge in [-0.3, -0.25) is 9.63 Å². The molecule has 4 heteroatoms. The second-order valence-electron chi connectivity index (χ2n) is 2.36. The molecule has 0 aromatic carbocycles. The van der Waals surface area contributed by atoms with Crippen molar-refractivity contribution in [1.82, 2.24) is 10.8 Å². The van der Waals surface area contributed by atoms with E-state index in [9.17, 15) is 4.79 Å². The zero-order valence-electron chi connectivity index (χ0n) is 6.02. The van der Waals surface area contributed by atoms with Crippen LogP contribution in [0.1, 0.15) is 6.42 Å². The molecule has 1 atom stereocenters. The van der Waals surface area contributed by atoms with Crippen LogP contribution in [0.3, 0.4) is 0 Å². The minimum Gasteiger partial charge on any atom is -0.316 e. The molecule has 1 amide bonds. The number of carbonyl (C=O) groups is 1. The monoisotopic (exact) mass is 144 g/mol. The molecule has 1 aliphatic rings. The minimum absolute atomic E-state index is 0.0208. The molecule has 0 saturated carbocycles. The van der Waals surface area contributed by atoms with E-state index >= 15 is 0 Å². The highest BCUT2D eigenvalue weighted by Crippen LogP contribution is 2.06. The summed E-state index contributed by atoms with van der Waals surface area (Å²) in [6, 6.07) is 0. The van der Waals surface area contributed by atoms with Crippen molar-refractivity contribution in [3.05, 3.63) is 0 Å². The molecule has 10 heavy (non-hydrogen) atoms. The van der Waals surface area contributed by atoms with Crippen LogP contribution in [0.4, 0.5) is 0 Å². The van der Waals surface area contributed by atoms with Crippen molar-refractivity contribution < 1.29 is 9.63 Å². The number of hydrogen-bond donors (Lipinski definition) is 2. The van der Waals surface area contributed by atoms with Gasteiger partial charge in [0, 0.05) is 6.54 Å². The number of nitrogens with one attached hydrogen (secondary N) is 2. The van der Waals surface area contributed by atoms with Gasteiger partial charge in [0.25, 0.3) is 0 Å². The lowest BCUT2D eigenvalue weighted by molar-refractivity contribution is -0.134. The van der Waals surface area contributed by atoms with E-state index in [0.717, 1.165) is 19.5 Å². The van der Waals surface area contributed by atoms with Crippen molar-refractivity contribution in [3.8, 4) is 0 Å². The molecule has 1 aliphatic heterocycles. The van der Waals surface area contributed by atoms with E-state index in [1.165, 1.54) is 7.11 Å². The van der Waals surface area contributed by atoms with E-state index in [2.05, 4.69) is 15.6 Å². The van der Waals surface area contributed by atoms with Crippen molar-refractivity contribution in [3.63, 3.8) is 0 Å². The molecule has 0 radical (unpaired) electrons.